The molecule has 0 aliphatic heterocycles. The van der Waals surface area contributed by atoms with Gasteiger partial charge in [0, 0.05) is 17.1 Å². The van der Waals surface area contributed by atoms with Gasteiger partial charge in [0.15, 0.2) is 6.10 Å². The number of rotatable bonds is 5. The monoisotopic (exact) mass is 318 g/mol. The predicted octanol–water partition coefficient (Wildman–Crippen LogP) is 4.10. The predicted molar refractivity (Wildman–Crippen MR) is 96.2 cm³/mol. The van der Waals surface area contributed by atoms with Crippen molar-refractivity contribution < 1.29 is 9.90 Å². The molecule has 0 aliphatic rings. The fourth-order valence-corrected chi connectivity index (χ4v) is 2.32. The van der Waals surface area contributed by atoms with E-state index in [2.05, 4.69) is 10.6 Å². The van der Waals surface area contributed by atoms with Crippen LogP contribution in [0.3, 0.4) is 0 Å². The third-order valence-electron chi connectivity index (χ3n) is 3.58. The number of carbonyl (C=O) groups is 1. The van der Waals surface area contributed by atoms with Crippen LogP contribution in [0.1, 0.15) is 11.7 Å². The number of carbonyl (C=O) groups excluding carboxylic acids is 1. The molecule has 0 saturated carbocycles. The number of aliphatic hydroxyl groups excluding tert-OH is 1. The Morgan fingerprint density at radius 1 is 0.708 bits per heavy atom. The van der Waals surface area contributed by atoms with Gasteiger partial charge < -0.3 is 15.7 Å². The van der Waals surface area contributed by atoms with E-state index in [1.807, 2.05) is 48.5 Å². The average Bonchev–Trinajstić information content (AvgIpc) is 2.64. The van der Waals surface area contributed by atoms with Crippen molar-refractivity contribution in [3.63, 3.8) is 0 Å². The smallest absolute Gasteiger partial charge is 0.257 e. The molecule has 0 spiro atoms. The zero-order chi connectivity index (χ0) is 16.8. The minimum atomic E-state index is -1.19. The Kier molecular flexibility index (Phi) is 4.89. The third kappa shape index (κ3) is 4.00. The van der Waals surface area contributed by atoms with Crippen LogP contribution in [0.15, 0.2) is 84.9 Å². The largest absolute Gasteiger partial charge is 0.378 e. The van der Waals surface area contributed by atoms with Crippen molar-refractivity contribution in [2.45, 2.75) is 6.10 Å². The van der Waals surface area contributed by atoms with Gasteiger partial charge in [-0.1, -0.05) is 48.5 Å². The van der Waals surface area contributed by atoms with Crippen molar-refractivity contribution in [1.29, 1.82) is 0 Å². The summed E-state index contributed by atoms with van der Waals surface area (Å²) >= 11 is 0. The van der Waals surface area contributed by atoms with Crippen LogP contribution in [0.2, 0.25) is 0 Å². The molecule has 4 nitrogen and oxygen atoms in total. The number of nitrogens with one attached hydrogen (secondary N) is 2. The van der Waals surface area contributed by atoms with E-state index in [4.69, 9.17) is 0 Å². The summed E-state index contributed by atoms with van der Waals surface area (Å²) in [5.74, 6) is -0.454. The first-order valence-electron chi connectivity index (χ1n) is 7.68. The summed E-state index contributed by atoms with van der Waals surface area (Å²) in [6.07, 6.45) is -1.19. The molecule has 1 unspecified atom stereocenters. The minimum Gasteiger partial charge on any atom is -0.378 e. The maximum atomic E-state index is 12.1. The van der Waals surface area contributed by atoms with Crippen molar-refractivity contribution in [2.75, 3.05) is 10.6 Å². The van der Waals surface area contributed by atoms with Crippen LogP contribution in [-0.2, 0) is 4.79 Å². The number of anilines is 3. The second-order valence-corrected chi connectivity index (χ2v) is 5.37. The molecule has 120 valence electrons. The second kappa shape index (κ2) is 7.44. The first-order chi connectivity index (χ1) is 11.7. The van der Waals surface area contributed by atoms with Gasteiger partial charge in [0.1, 0.15) is 0 Å². The fraction of sp³-hybridized carbons (Fsp3) is 0.0500. The van der Waals surface area contributed by atoms with Gasteiger partial charge in [0.2, 0.25) is 0 Å². The first kappa shape index (κ1) is 15.8. The van der Waals surface area contributed by atoms with E-state index < -0.39 is 12.0 Å². The summed E-state index contributed by atoms with van der Waals surface area (Å²) in [5, 5.41) is 16.1. The van der Waals surface area contributed by atoms with Crippen LogP contribution in [0.4, 0.5) is 17.1 Å². The van der Waals surface area contributed by atoms with E-state index in [1.165, 1.54) is 0 Å². The van der Waals surface area contributed by atoms with Crippen molar-refractivity contribution in [1.82, 2.24) is 0 Å². The molecule has 4 heteroatoms. The number of amides is 1. The van der Waals surface area contributed by atoms with Crippen molar-refractivity contribution in [2.24, 2.45) is 0 Å². The summed E-state index contributed by atoms with van der Waals surface area (Å²) in [4.78, 5) is 12.1. The van der Waals surface area contributed by atoms with E-state index in [0.717, 1.165) is 11.4 Å². The Morgan fingerprint density at radius 3 is 1.83 bits per heavy atom. The molecule has 24 heavy (non-hydrogen) atoms. The molecular formula is C20H18N2O2. The van der Waals surface area contributed by atoms with Gasteiger partial charge in [0.25, 0.3) is 5.91 Å². The van der Waals surface area contributed by atoms with Crippen LogP contribution >= 0.6 is 0 Å². The van der Waals surface area contributed by atoms with E-state index in [1.54, 1.807) is 36.4 Å². The Bertz CT molecular complexity index is 787. The molecule has 1 atom stereocenters. The van der Waals surface area contributed by atoms with Crippen LogP contribution in [0.5, 0.6) is 0 Å². The summed E-state index contributed by atoms with van der Waals surface area (Å²) in [6, 6.07) is 26.0. The van der Waals surface area contributed by atoms with Crippen LogP contribution < -0.4 is 10.6 Å². The zero-order valence-corrected chi connectivity index (χ0v) is 13.0. The molecule has 0 aliphatic carbocycles. The van der Waals surface area contributed by atoms with E-state index >= 15 is 0 Å². The van der Waals surface area contributed by atoms with E-state index in [9.17, 15) is 9.90 Å². The van der Waals surface area contributed by atoms with Gasteiger partial charge in [0.05, 0.1) is 0 Å². The first-order valence-corrected chi connectivity index (χ1v) is 7.68. The van der Waals surface area contributed by atoms with Gasteiger partial charge >= 0.3 is 0 Å². The Hall–Kier alpha value is -3.11. The SMILES string of the molecule is O=C(Nc1ccc(Nc2ccccc2)cc1)C(O)c1ccccc1. The van der Waals surface area contributed by atoms with Gasteiger partial charge in [-0.2, -0.15) is 0 Å². The maximum Gasteiger partial charge on any atom is 0.257 e. The second-order valence-electron chi connectivity index (χ2n) is 5.37. The molecule has 0 aromatic heterocycles. The Morgan fingerprint density at radius 2 is 1.21 bits per heavy atom. The Balaban J connectivity index is 1.62. The number of aliphatic hydroxyl groups is 1. The number of hydrogen-bond donors (Lipinski definition) is 3. The molecule has 0 fully saturated rings. The molecular weight excluding hydrogens is 300 g/mol. The molecule has 3 rings (SSSR count). The number of hydrogen-bond acceptors (Lipinski definition) is 3. The van der Waals surface area contributed by atoms with Gasteiger partial charge in [-0.15, -0.1) is 0 Å². The maximum absolute atomic E-state index is 12.1. The number of para-hydroxylation sites is 1. The standard InChI is InChI=1S/C20H18N2O2/c23-19(15-7-3-1-4-8-15)20(24)22-18-13-11-17(12-14-18)21-16-9-5-2-6-10-16/h1-14,19,21,23H,(H,22,24). The van der Waals surface area contributed by atoms with Crippen molar-refractivity contribution >= 4 is 23.0 Å². The highest BCUT2D eigenvalue weighted by Gasteiger charge is 2.16. The molecule has 3 aromatic carbocycles. The average molecular weight is 318 g/mol. The van der Waals surface area contributed by atoms with E-state index in [0.29, 0.717) is 11.3 Å². The van der Waals surface area contributed by atoms with Crippen LogP contribution in [0.25, 0.3) is 0 Å². The van der Waals surface area contributed by atoms with Gasteiger partial charge in [-0.3, -0.25) is 4.79 Å². The van der Waals surface area contributed by atoms with Gasteiger partial charge in [-0.25, -0.2) is 0 Å². The molecule has 0 saturated heterocycles. The highest BCUT2D eigenvalue weighted by Crippen LogP contribution is 2.20. The lowest BCUT2D eigenvalue weighted by Gasteiger charge is -2.12. The van der Waals surface area contributed by atoms with Crippen molar-refractivity contribution in [3.8, 4) is 0 Å². The molecule has 3 N–H and O–H groups in total. The number of benzene rings is 3. The van der Waals surface area contributed by atoms with Crippen molar-refractivity contribution in [3.05, 3.63) is 90.5 Å². The fourth-order valence-electron chi connectivity index (χ4n) is 2.32. The minimum absolute atomic E-state index is 0.454. The molecule has 1 amide bonds. The lowest BCUT2D eigenvalue weighted by Crippen LogP contribution is -2.20. The normalized spacial score (nSPS) is 11.5. The summed E-state index contributed by atoms with van der Waals surface area (Å²) in [6.45, 7) is 0. The summed E-state index contributed by atoms with van der Waals surface area (Å²) in [7, 11) is 0. The summed E-state index contributed by atoms with van der Waals surface area (Å²) in [5.41, 5.74) is 3.11. The highest BCUT2D eigenvalue weighted by molar-refractivity contribution is 5.94. The molecule has 3 aromatic rings. The molecule has 0 bridgehead atoms. The van der Waals surface area contributed by atoms with Crippen LogP contribution in [-0.4, -0.2) is 11.0 Å². The molecule has 0 radical (unpaired) electrons. The van der Waals surface area contributed by atoms with Gasteiger partial charge in [-0.05, 0) is 42.0 Å². The van der Waals surface area contributed by atoms with E-state index in [-0.39, 0.29) is 0 Å². The highest BCUT2D eigenvalue weighted by atomic mass is 16.3. The zero-order valence-electron chi connectivity index (χ0n) is 13.0. The van der Waals surface area contributed by atoms with Crippen LogP contribution in [0, 0.1) is 0 Å². The lowest BCUT2D eigenvalue weighted by atomic mass is 10.1. The quantitative estimate of drug-likeness (QED) is 0.663. The lowest BCUT2D eigenvalue weighted by molar-refractivity contribution is -0.124. The Labute approximate surface area is 140 Å². The third-order valence-corrected chi connectivity index (χ3v) is 3.58. The summed E-state index contributed by atoms with van der Waals surface area (Å²) < 4.78 is 0. The topological polar surface area (TPSA) is 61.4 Å². The molecule has 0 heterocycles.